The van der Waals surface area contributed by atoms with Gasteiger partial charge in [-0.1, -0.05) is 36.4 Å². The zero-order valence-electron chi connectivity index (χ0n) is 7.57. The fourth-order valence-corrected chi connectivity index (χ4v) is 1.05. The Kier molecular flexibility index (Phi) is 3.64. The van der Waals surface area contributed by atoms with Crippen molar-refractivity contribution in [2.75, 3.05) is 0 Å². The average Bonchev–Trinajstić information content (AvgIpc) is 2.19. The maximum atomic E-state index is 6.91. The van der Waals surface area contributed by atoms with E-state index in [4.69, 9.17) is 5.41 Å². The molecule has 0 atom stereocenters. The minimum atomic E-state index is 0.818. The van der Waals surface area contributed by atoms with Gasteiger partial charge in [0.2, 0.25) is 0 Å². The number of nitrogens with zero attached hydrogens (tertiary/aromatic N) is 1. The van der Waals surface area contributed by atoms with Crippen molar-refractivity contribution in [1.82, 2.24) is 0 Å². The molecule has 2 nitrogen and oxygen atoms in total. The van der Waals surface area contributed by atoms with Crippen LogP contribution in [-0.2, 0) is 0 Å². The van der Waals surface area contributed by atoms with Gasteiger partial charge in [-0.3, -0.25) is 5.41 Å². The zero-order chi connectivity index (χ0) is 9.52. The van der Waals surface area contributed by atoms with Gasteiger partial charge in [0.25, 0.3) is 0 Å². The maximum Gasteiger partial charge on any atom is 0.107 e. The SMILES string of the molecule is C/C=C\C(=NC=N)c1ccccc1. The third-order valence-electron chi connectivity index (χ3n) is 1.60. The normalized spacial score (nSPS) is 11.9. The van der Waals surface area contributed by atoms with E-state index < -0.39 is 0 Å². The quantitative estimate of drug-likeness (QED) is 0.537. The molecular weight excluding hydrogens is 160 g/mol. The van der Waals surface area contributed by atoms with Gasteiger partial charge in [-0.15, -0.1) is 0 Å². The topological polar surface area (TPSA) is 36.2 Å². The highest BCUT2D eigenvalue weighted by Gasteiger charge is 1.95. The molecule has 1 rings (SSSR count). The molecule has 0 saturated carbocycles. The van der Waals surface area contributed by atoms with Crippen molar-refractivity contribution in [2.45, 2.75) is 6.92 Å². The summed E-state index contributed by atoms with van der Waals surface area (Å²) in [6, 6.07) is 9.82. The minimum Gasteiger partial charge on any atom is -0.290 e. The van der Waals surface area contributed by atoms with Crippen molar-refractivity contribution < 1.29 is 0 Å². The van der Waals surface area contributed by atoms with Gasteiger partial charge < -0.3 is 0 Å². The third kappa shape index (κ3) is 2.67. The van der Waals surface area contributed by atoms with Crippen LogP contribution in [0.15, 0.2) is 47.5 Å². The van der Waals surface area contributed by atoms with Crippen molar-refractivity contribution in [3.05, 3.63) is 48.0 Å². The highest BCUT2D eigenvalue weighted by atomic mass is 14.8. The predicted octanol–water partition coefficient (Wildman–Crippen LogP) is 2.66. The first-order valence-electron chi connectivity index (χ1n) is 4.13. The number of nitrogens with one attached hydrogen (secondary N) is 1. The fraction of sp³-hybridized carbons (Fsp3) is 0.0909. The molecule has 0 spiro atoms. The van der Waals surface area contributed by atoms with E-state index in [1.807, 2.05) is 49.4 Å². The van der Waals surface area contributed by atoms with Gasteiger partial charge in [-0.05, 0) is 13.0 Å². The van der Waals surface area contributed by atoms with Crippen LogP contribution in [0.4, 0.5) is 0 Å². The predicted molar refractivity (Wildman–Crippen MR) is 56.6 cm³/mol. The van der Waals surface area contributed by atoms with Gasteiger partial charge in [0.15, 0.2) is 0 Å². The lowest BCUT2D eigenvalue weighted by Gasteiger charge is -1.98. The van der Waals surface area contributed by atoms with Crippen LogP contribution in [0.25, 0.3) is 0 Å². The average molecular weight is 172 g/mol. The van der Waals surface area contributed by atoms with Crippen LogP contribution in [0.3, 0.4) is 0 Å². The summed E-state index contributed by atoms with van der Waals surface area (Å²) in [5.41, 5.74) is 1.85. The van der Waals surface area contributed by atoms with Crippen LogP contribution in [-0.4, -0.2) is 12.1 Å². The van der Waals surface area contributed by atoms with Crippen LogP contribution in [0.2, 0.25) is 0 Å². The molecule has 0 amide bonds. The van der Waals surface area contributed by atoms with Crippen molar-refractivity contribution >= 4 is 12.1 Å². The first kappa shape index (κ1) is 9.39. The Bertz CT molecular complexity index is 323. The Morgan fingerprint density at radius 2 is 2.00 bits per heavy atom. The summed E-state index contributed by atoms with van der Waals surface area (Å²) < 4.78 is 0. The van der Waals surface area contributed by atoms with E-state index in [0.717, 1.165) is 17.6 Å². The first-order valence-corrected chi connectivity index (χ1v) is 4.13. The molecule has 0 aromatic heterocycles. The number of rotatable bonds is 3. The molecule has 0 radical (unpaired) electrons. The molecule has 2 heteroatoms. The highest BCUT2D eigenvalue weighted by molar-refractivity contribution is 6.11. The molecule has 66 valence electrons. The molecule has 13 heavy (non-hydrogen) atoms. The Morgan fingerprint density at radius 3 is 2.54 bits per heavy atom. The maximum absolute atomic E-state index is 6.91. The smallest absolute Gasteiger partial charge is 0.107 e. The standard InChI is InChI=1S/C11H12N2/c1-2-6-11(13-9-12)10-7-4-3-5-8-10/h2-9,12H,1H3/b6-2-,12-9?,13-11?. The van der Waals surface area contributed by atoms with Crippen LogP contribution >= 0.6 is 0 Å². The van der Waals surface area contributed by atoms with E-state index in [0.29, 0.717) is 0 Å². The van der Waals surface area contributed by atoms with Gasteiger partial charge in [0.1, 0.15) is 6.34 Å². The lowest BCUT2D eigenvalue weighted by molar-refractivity contribution is 1.50. The van der Waals surface area contributed by atoms with Crippen molar-refractivity contribution in [1.29, 1.82) is 5.41 Å². The van der Waals surface area contributed by atoms with Crippen LogP contribution < -0.4 is 0 Å². The second-order valence-electron chi connectivity index (χ2n) is 2.51. The molecular formula is C11H12N2. The summed E-state index contributed by atoms with van der Waals surface area (Å²) in [6.07, 6.45) is 4.86. The molecule has 1 aromatic rings. The van der Waals surface area contributed by atoms with Crippen molar-refractivity contribution in [2.24, 2.45) is 4.99 Å². The monoisotopic (exact) mass is 172 g/mol. The summed E-state index contributed by atoms with van der Waals surface area (Å²) >= 11 is 0. The molecule has 0 heterocycles. The van der Waals surface area contributed by atoms with Crippen molar-refractivity contribution in [3.63, 3.8) is 0 Å². The summed E-state index contributed by atoms with van der Waals surface area (Å²) in [7, 11) is 0. The Labute approximate surface area is 78.1 Å². The molecule has 0 aliphatic rings. The van der Waals surface area contributed by atoms with Gasteiger partial charge in [0, 0.05) is 5.56 Å². The largest absolute Gasteiger partial charge is 0.290 e. The first-order chi connectivity index (χ1) is 6.38. The Hall–Kier alpha value is -1.70. The van der Waals surface area contributed by atoms with E-state index in [1.165, 1.54) is 0 Å². The van der Waals surface area contributed by atoms with Gasteiger partial charge in [-0.25, -0.2) is 4.99 Å². The molecule has 0 saturated heterocycles. The third-order valence-corrected chi connectivity index (χ3v) is 1.60. The van der Waals surface area contributed by atoms with E-state index in [-0.39, 0.29) is 0 Å². The van der Waals surface area contributed by atoms with E-state index >= 15 is 0 Å². The summed E-state index contributed by atoms with van der Waals surface area (Å²) in [5, 5.41) is 6.91. The molecule has 1 aromatic carbocycles. The lowest BCUT2D eigenvalue weighted by atomic mass is 10.1. The molecule has 0 aliphatic heterocycles. The summed E-state index contributed by atoms with van der Waals surface area (Å²) in [4.78, 5) is 3.96. The van der Waals surface area contributed by atoms with E-state index in [9.17, 15) is 0 Å². The number of benzene rings is 1. The number of aliphatic imine (C=N–C) groups is 1. The van der Waals surface area contributed by atoms with Crippen LogP contribution in [0.5, 0.6) is 0 Å². The molecule has 0 unspecified atom stereocenters. The molecule has 0 aliphatic carbocycles. The lowest BCUT2D eigenvalue weighted by Crippen LogP contribution is -1.95. The molecule has 0 bridgehead atoms. The number of hydrogen-bond acceptors (Lipinski definition) is 1. The van der Waals surface area contributed by atoms with Gasteiger partial charge in [0.05, 0.1) is 5.71 Å². The molecule has 0 fully saturated rings. The zero-order valence-corrected chi connectivity index (χ0v) is 7.57. The summed E-state index contributed by atoms with van der Waals surface area (Å²) in [5.74, 6) is 0. The van der Waals surface area contributed by atoms with Crippen LogP contribution in [0, 0.1) is 5.41 Å². The van der Waals surface area contributed by atoms with E-state index in [2.05, 4.69) is 4.99 Å². The second-order valence-corrected chi connectivity index (χ2v) is 2.51. The van der Waals surface area contributed by atoms with Crippen molar-refractivity contribution in [3.8, 4) is 0 Å². The van der Waals surface area contributed by atoms with Crippen LogP contribution in [0.1, 0.15) is 12.5 Å². The number of hydrogen-bond donors (Lipinski definition) is 1. The Morgan fingerprint density at radius 1 is 1.31 bits per heavy atom. The van der Waals surface area contributed by atoms with E-state index in [1.54, 1.807) is 0 Å². The summed E-state index contributed by atoms with van der Waals surface area (Å²) in [6.45, 7) is 1.93. The second kappa shape index (κ2) is 5.04. The van der Waals surface area contributed by atoms with Gasteiger partial charge in [-0.2, -0.15) is 0 Å². The fourth-order valence-electron chi connectivity index (χ4n) is 1.05. The minimum absolute atomic E-state index is 0.818. The molecule has 1 N–H and O–H groups in total. The highest BCUT2D eigenvalue weighted by Crippen LogP contribution is 2.01. The van der Waals surface area contributed by atoms with Gasteiger partial charge >= 0.3 is 0 Å². The number of allylic oxidation sites excluding steroid dienone is 2. The Balaban J connectivity index is 3.03.